The largest absolute Gasteiger partial charge is 0.299 e. The summed E-state index contributed by atoms with van der Waals surface area (Å²) in [7, 11) is -2.34. The molecule has 4 heteroatoms. The van der Waals surface area contributed by atoms with Crippen LogP contribution in [0.25, 0.3) is 5.57 Å². The van der Waals surface area contributed by atoms with Crippen molar-refractivity contribution >= 4 is 26.4 Å². The zero-order valence-corrected chi connectivity index (χ0v) is 9.71. The van der Waals surface area contributed by atoms with Gasteiger partial charge in [0, 0.05) is 6.42 Å². The number of nitrogens with one attached hydrogen (secondary N) is 1. The second kappa shape index (κ2) is 3.53. The SMILES string of the molecule is N=C1C2=C(C=CC1=S(=O)=O)c1ccccc1C2. The lowest BCUT2D eigenvalue weighted by Gasteiger charge is -2.10. The van der Waals surface area contributed by atoms with Gasteiger partial charge in [0.05, 0.1) is 5.71 Å². The Balaban J connectivity index is 2.21. The molecular formula is C13H9NO2S. The van der Waals surface area contributed by atoms with Gasteiger partial charge in [0.25, 0.3) is 0 Å². The summed E-state index contributed by atoms with van der Waals surface area (Å²) in [6.07, 6.45) is 3.95. The molecule has 0 atom stereocenters. The van der Waals surface area contributed by atoms with Crippen molar-refractivity contribution in [2.24, 2.45) is 0 Å². The summed E-state index contributed by atoms with van der Waals surface area (Å²) in [4.78, 5) is 0.0801. The Bertz CT molecular complexity index is 728. The van der Waals surface area contributed by atoms with Crippen LogP contribution in [0.3, 0.4) is 0 Å². The summed E-state index contributed by atoms with van der Waals surface area (Å²) < 4.78 is 21.9. The van der Waals surface area contributed by atoms with Crippen molar-refractivity contribution in [3.05, 3.63) is 53.1 Å². The van der Waals surface area contributed by atoms with E-state index in [1.807, 2.05) is 24.3 Å². The molecule has 2 aliphatic rings. The van der Waals surface area contributed by atoms with Crippen molar-refractivity contribution in [3.63, 3.8) is 0 Å². The van der Waals surface area contributed by atoms with Gasteiger partial charge in [0.1, 0.15) is 4.86 Å². The Hall–Kier alpha value is -1.94. The maximum atomic E-state index is 11.0. The molecule has 0 heterocycles. The van der Waals surface area contributed by atoms with Crippen LogP contribution in [0.5, 0.6) is 0 Å². The molecule has 0 aliphatic heterocycles. The fourth-order valence-electron chi connectivity index (χ4n) is 2.33. The molecule has 0 unspecified atom stereocenters. The maximum Gasteiger partial charge on any atom is 0.223 e. The molecule has 0 aromatic heterocycles. The van der Waals surface area contributed by atoms with Crippen molar-refractivity contribution in [1.29, 1.82) is 5.41 Å². The Kier molecular flexibility index (Phi) is 2.12. The Labute approximate surface area is 100 Å². The van der Waals surface area contributed by atoms with Crippen molar-refractivity contribution in [1.82, 2.24) is 0 Å². The lowest BCUT2D eigenvalue weighted by Crippen LogP contribution is -2.17. The molecule has 0 radical (unpaired) electrons. The first-order chi connectivity index (χ1) is 8.18. The Morgan fingerprint density at radius 3 is 2.65 bits per heavy atom. The Morgan fingerprint density at radius 2 is 1.88 bits per heavy atom. The molecule has 3 nitrogen and oxygen atoms in total. The first-order valence-electron chi connectivity index (χ1n) is 5.23. The predicted molar refractivity (Wildman–Crippen MR) is 67.9 cm³/mol. The average Bonchev–Trinajstić information content (AvgIpc) is 2.69. The standard InChI is InChI=1S/C13H9NO2S/c14-13-11-7-8-3-1-2-4-9(8)10(11)5-6-12(13)17(15)16/h1-6,14H,7H2. The molecule has 3 rings (SSSR count). The van der Waals surface area contributed by atoms with Crippen molar-refractivity contribution in [3.8, 4) is 0 Å². The number of hydrogen-bond acceptors (Lipinski definition) is 3. The van der Waals surface area contributed by atoms with Crippen LogP contribution in [0.15, 0.2) is 42.0 Å². The van der Waals surface area contributed by atoms with Gasteiger partial charge in [-0.1, -0.05) is 30.3 Å². The second-order valence-electron chi connectivity index (χ2n) is 4.03. The van der Waals surface area contributed by atoms with E-state index < -0.39 is 10.3 Å². The van der Waals surface area contributed by atoms with Crippen molar-refractivity contribution in [2.75, 3.05) is 0 Å². The summed E-state index contributed by atoms with van der Waals surface area (Å²) >= 11 is 0. The molecular weight excluding hydrogens is 234 g/mol. The zero-order chi connectivity index (χ0) is 12.0. The number of fused-ring (bicyclic) bond motifs is 2. The Morgan fingerprint density at radius 1 is 1.12 bits per heavy atom. The van der Waals surface area contributed by atoms with Gasteiger partial charge in [-0.15, -0.1) is 0 Å². The molecule has 17 heavy (non-hydrogen) atoms. The molecule has 0 bridgehead atoms. The number of allylic oxidation sites excluding steroid dienone is 4. The monoisotopic (exact) mass is 243 g/mol. The normalized spacial score (nSPS) is 17.2. The highest BCUT2D eigenvalue weighted by Crippen LogP contribution is 2.36. The number of hydrogen-bond donors (Lipinski definition) is 1. The molecule has 0 amide bonds. The summed E-state index contributed by atoms with van der Waals surface area (Å²) in [6.45, 7) is 0. The summed E-state index contributed by atoms with van der Waals surface area (Å²) in [5.74, 6) is 0. The number of rotatable bonds is 0. The molecule has 0 fully saturated rings. The third-order valence-corrected chi connectivity index (χ3v) is 3.83. The third-order valence-electron chi connectivity index (χ3n) is 3.13. The fraction of sp³-hybridized carbons (Fsp3) is 0.0769. The van der Waals surface area contributed by atoms with E-state index in [2.05, 4.69) is 0 Å². The highest BCUT2D eigenvalue weighted by molar-refractivity contribution is 7.75. The van der Waals surface area contributed by atoms with Crippen LogP contribution in [0.2, 0.25) is 0 Å². The van der Waals surface area contributed by atoms with Crippen LogP contribution in [0.4, 0.5) is 0 Å². The highest BCUT2D eigenvalue weighted by Gasteiger charge is 2.27. The minimum Gasteiger partial charge on any atom is -0.299 e. The number of benzene rings is 1. The molecule has 0 spiro atoms. The van der Waals surface area contributed by atoms with Gasteiger partial charge in [0.2, 0.25) is 10.3 Å². The van der Waals surface area contributed by atoms with Crippen LogP contribution < -0.4 is 0 Å². The van der Waals surface area contributed by atoms with Crippen molar-refractivity contribution in [2.45, 2.75) is 6.42 Å². The van der Waals surface area contributed by atoms with E-state index in [0.717, 1.165) is 22.3 Å². The minimum atomic E-state index is -2.34. The molecule has 84 valence electrons. The van der Waals surface area contributed by atoms with Gasteiger partial charge >= 0.3 is 0 Å². The lowest BCUT2D eigenvalue weighted by atomic mass is 9.96. The van der Waals surface area contributed by atoms with Gasteiger partial charge in [-0.2, -0.15) is 8.42 Å². The van der Waals surface area contributed by atoms with E-state index in [4.69, 9.17) is 5.41 Å². The molecule has 1 aromatic rings. The molecule has 1 N–H and O–H groups in total. The van der Waals surface area contributed by atoms with E-state index in [9.17, 15) is 8.42 Å². The molecule has 0 saturated carbocycles. The predicted octanol–water partition coefficient (Wildman–Crippen LogP) is 1.64. The molecule has 2 aliphatic carbocycles. The van der Waals surface area contributed by atoms with E-state index in [1.54, 1.807) is 6.08 Å². The molecule has 1 aromatic carbocycles. The van der Waals surface area contributed by atoms with E-state index in [-0.39, 0.29) is 10.6 Å². The van der Waals surface area contributed by atoms with Gasteiger partial charge < -0.3 is 0 Å². The first-order valence-corrected chi connectivity index (χ1v) is 6.31. The topological polar surface area (TPSA) is 58.0 Å². The van der Waals surface area contributed by atoms with Crippen LogP contribution in [0, 0.1) is 5.41 Å². The van der Waals surface area contributed by atoms with Crippen molar-refractivity contribution < 1.29 is 8.42 Å². The van der Waals surface area contributed by atoms with Crippen LogP contribution in [0.1, 0.15) is 11.1 Å². The maximum absolute atomic E-state index is 11.0. The van der Waals surface area contributed by atoms with E-state index in [0.29, 0.717) is 6.42 Å². The zero-order valence-electron chi connectivity index (χ0n) is 8.90. The molecule has 0 saturated heterocycles. The van der Waals surface area contributed by atoms with Gasteiger partial charge in [-0.25, -0.2) is 0 Å². The first kappa shape index (κ1) is 10.2. The van der Waals surface area contributed by atoms with Gasteiger partial charge in [-0.3, -0.25) is 5.41 Å². The third kappa shape index (κ3) is 1.41. The summed E-state index contributed by atoms with van der Waals surface area (Å²) in [5, 5.41) is 7.94. The second-order valence-corrected chi connectivity index (χ2v) is 4.94. The smallest absolute Gasteiger partial charge is 0.223 e. The van der Waals surface area contributed by atoms with E-state index >= 15 is 0 Å². The summed E-state index contributed by atoms with van der Waals surface area (Å²) in [5.41, 5.74) is 4.20. The van der Waals surface area contributed by atoms with Gasteiger partial charge in [0.15, 0.2) is 0 Å². The average molecular weight is 243 g/mol. The quantitative estimate of drug-likeness (QED) is 0.704. The lowest BCUT2D eigenvalue weighted by molar-refractivity contribution is 0.627. The van der Waals surface area contributed by atoms with Crippen LogP contribution >= 0.6 is 0 Å². The minimum absolute atomic E-state index is 0.0801. The van der Waals surface area contributed by atoms with Crippen LogP contribution in [-0.4, -0.2) is 19.0 Å². The van der Waals surface area contributed by atoms with Gasteiger partial charge in [-0.05, 0) is 28.3 Å². The van der Waals surface area contributed by atoms with E-state index in [1.165, 1.54) is 6.08 Å². The fourth-order valence-corrected chi connectivity index (χ4v) is 2.80. The van der Waals surface area contributed by atoms with Crippen LogP contribution in [-0.2, 0) is 16.7 Å². The summed E-state index contributed by atoms with van der Waals surface area (Å²) in [6, 6.07) is 7.94. The highest BCUT2D eigenvalue weighted by atomic mass is 32.2.